The molecule has 1 aliphatic rings. The number of carbonyl (C=O) groups excluding carboxylic acids is 1. The Labute approximate surface area is 180 Å². The van der Waals surface area contributed by atoms with Crippen LogP contribution in [0.25, 0.3) is 27.6 Å². The third-order valence-corrected chi connectivity index (χ3v) is 5.41. The number of hydrogen-bond acceptors (Lipinski definition) is 5. The molecule has 1 amide bonds. The molecule has 6 nitrogen and oxygen atoms in total. The highest BCUT2D eigenvalue weighted by molar-refractivity contribution is 6.10. The van der Waals surface area contributed by atoms with E-state index in [-0.39, 0.29) is 24.7 Å². The van der Waals surface area contributed by atoms with Crippen molar-refractivity contribution in [2.24, 2.45) is 4.99 Å². The zero-order valence-electron chi connectivity index (χ0n) is 17.8. The highest BCUT2D eigenvalue weighted by atomic mass is 19.1. The van der Waals surface area contributed by atoms with Crippen LogP contribution < -0.4 is 5.73 Å². The quantitative estimate of drug-likeness (QED) is 0.646. The lowest BCUT2D eigenvalue weighted by molar-refractivity contribution is -0.00820. The molecular formula is C24H24FN5O. The number of nitrogens with zero attached hydrogens (tertiary/aromatic N) is 4. The summed E-state index contributed by atoms with van der Waals surface area (Å²) in [5, 5.41) is 0.671. The monoisotopic (exact) mass is 417 g/mol. The van der Waals surface area contributed by atoms with E-state index < -0.39 is 5.67 Å². The zero-order chi connectivity index (χ0) is 22.2. The minimum atomic E-state index is -1.33. The summed E-state index contributed by atoms with van der Waals surface area (Å²) in [6, 6.07) is 11.3. The lowest BCUT2D eigenvalue weighted by Crippen LogP contribution is -2.59. The van der Waals surface area contributed by atoms with Gasteiger partial charge in [-0.3, -0.25) is 9.79 Å². The molecule has 1 saturated heterocycles. The highest BCUT2D eigenvalue weighted by Crippen LogP contribution is 2.31. The number of amides is 1. The SMILES string of the molecule is C/C=C(\C=NC)c1ccc(-c2cnc(N)c3ccc(C(=O)N4CC(C)(F)C4)nc23)cc1. The fourth-order valence-corrected chi connectivity index (χ4v) is 3.82. The van der Waals surface area contributed by atoms with Crippen molar-refractivity contribution < 1.29 is 9.18 Å². The molecule has 7 heteroatoms. The summed E-state index contributed by atoms with van der Waals surface area (Å²) < 4.78 is 13.8. The summed E-state index contributed by atoms with van der Waals surface area (Å²) in [5.74, 6) is 0.0581. The van der Waals surface area contributed by atoms with Crippen LogP contribution in [-0.2, 0) is 0 Å². The van der Waals surface area contributed by atoms with Crippen LogP contribution in [0.15, 0.2) is 53.7 Å². The Morgan fingerprint density at radius 3 is 2.55 bits per heavy atom. The smallest absolute Gasteiger partial charge is 0.272 e. The van der Waals surface area contributed by atoms with Gasteiger partial charge in [-0.25, -0.2) is 14.4 Å². The summed E-state index contributed by atoms with van der Waals surface area (Å²) in [7, 11) is 1.74. The predicted octanol–water partition coefficient (Wildman–Crippen LogP) is 4.17. The topological polar surface area (TPSA) is 84.5 Å². The van der Waals surface area contributed by atoms with Gasteiger partial charge in [0.05, 0.1) is 18.6 Å². The van der Waals surface area contributed by atoms with E-state index in [0.29, 0.717) is 16.7 Å². The maximum Gasteiger partial charge on any atom is 0.272 e. The van der Waals surface area contributed by atoms with Crippen LogP contribution in [0, 0.1) is 0 Å². The largest absolute Gasteiger partial charge is 0.383 e. The molecular weight excluding hydrogens is 393 g/mol. The van der Waals surface area contributed by atoms with Crippen LogP contribution >= 0.6 is 0 Å². The number of nitrogen functional groups attached to an aromatic ring is 1. The van der Waals surface area contributed by atoms with Gasteiger partial charge in [0, 0.05) is 30.4 Å². The molecule has 1 fully saturated rings. The number of hydrogen-bond donors (Lipinski definition) is 1. The summed E-state index contributed by atoms with van der Waals surface area (Å²) in [5.41, 5.74) is 9.33. The first-order valence-corrected chi connectivity index (χ1v) is 10.1. The molecule has 0 spiro atoms. The summed E-state index contributed by atoms with van der Waals surface area (Å²) in [4.78, 5) is 27.2. The number of likely N-dealkylation sites (tertiary alicyclic amines) is 1. The van der Waals surface area contributed by atoms with Crippen LogP contribution in [0.4, 0.5) is 10.2 Å². The Kier molecular flexibility index (Phi) is 5.27. The third kappa shape index (κ3) is 3.91. The lowest BCUT2D eigenvalue weighted by Gasteiger charge is -2.41. The first kappa shape index (κ1) is 20.7. The molecule has 0 radical (unpaired) electrons. The molecule has 158 valence electrons. The first-order valence-electron chi connectivity index (χ1n) is 10.1. The standard InChI is InChI=1S/C24H24FN5O/c1-4-15(11-27-3)16-5-7-17(8-6-16)19-12-28-22(26)18-9-10-20(29-21(18)19)23(31)30-13-24(2,25)14-30/h4-12H,13-14H2,1-3H3,(H2,26,28)/b15-4+,27-11?. The number of pyridine rings is 2. The Morgan fingerprint density at radius 1 is 1.23 bits per heavy atom. The molecule has 2 aromatic heterocycles. The molecule has 1 aliphatic heterocycles. The number of halogens is 1. The van der Waals surface area contributed by atoms with E-state index in [9.17, 15) is 9.18 Å². The van der Waals surface area contributed by atoms with Crippen LogP contribution in [-0.4, -0.2) is 52.8 Å². The van der Waals surface area contributed by atoms with Crippen molar-refractivity contribution in [1.29, 1.82) is 0 Å². The molecule has 0 saturated carbocycles. The normalized spacial score (nSPS) is 16.0. The number of nitrogens with two attached hydrogens (primary N) is 1. The van der Waals surface area contributed by atoms with Gasteiger partial charge in [-0.15, -0.1) is 0 Å². The second kappa shape index (κ2) is 7.91. The number of aliphatic imine (C=N–C) groups is 1. The minimum absolute atomic E-state index is 0.0761. The van der Waals surface area contributed by atoms with Crippen molar-refractivity contribution in [2.45, 2.75) is 19.5 Å². The van der Waals surface area contributed by atoms with E-state index in [1.165, 1.54) is 11.8 Å². The van der Waals surface area contributed by atoms with Gasteiger partial charge < -0.3 is 10.6 Å². The fraction of sp³-hybridized carbons (Fsp3) is 0.250. The predicted molar refractivity (Wildman–Crippen MR) is 123 cm³/mol. The number of allylic oxidation sites excluding steroid dienone is 2. The van der Waals surface area contributed by atoms with Gasteiger partial charge in [-0.2, -0.15) is 0 Å². The van der Waals surface area contributed by atoms with E-state index in [2.05, 4.69) is 15.0 Å². The molecule has 1 aromatic carbocycles. The summed E-state index contributed by atoms with van der Waals surface area (Å²) in [6.45, 7) is 3.61. The average Bonchev–Trinajstić information content (AvgIpc) is 2.75. The number of rotatable bonds is 4. The first-order chi connectivity index (χ1) is 14.8. The van der Waals surface area contributed by atoms with E-state index >= 15 is 0 Å². The van der Waals surface area contributed by atoms with Gasteiger partial charge in [0.15, 0.2) is 0 Å². The number of aromatic nitrogens is 2. The molecule has 0 aliphatic carbocycles. The third-order valence-electron chi connectivity index (χ3n) is 5.41. The summed E-state index contributed by atoms with van der Waals surface area (Å²) >= 11 is 0. The van der Waals surface area contributed by atoms with Gasteiger partial charge in [-0.05, 0) is 42.7 Å². The van der Waals surface area contributed by atoms with Crippen molar-refractivity contribution in [1.82, 2.24) is 14.9 Å². The van der Waals surface area contributed by atoms with Gasteiger partial charge in [0.1, 0.15) is 17.2 Å². The minimum Gasteiger partial charge on any atom is -0.383 e. The average molecular weight is 417 g/mol. The molecule has 31 heavy (non-hydrogen) atoms. The number of anilines is 1. The van der Waals surface area contributed by atoms with E-state index in [4.69, 9.17) is 5.73 Å². The highest BCUT2D eigenvalue weighted by Gasteiger charge is 2.42. The van der Waals surface area contributed by atoms with Crippen LogP contribution in [0.3, 0.4) is 0 Å². The van der Waals surface area contributed by atoms with Crippen LogP contribution in [0.5, 0.6) is 0 Å². The second-order valence-corrected chi connectivity index (χ2v) is 7.93. The molecule has 0 unspecified atom stereocenters. The molecule has 0 bridgehead atoms. The van der Waals surface area contributed by atoms with Crippen molar-refractivity contribution in [3.8, 4) is 11.1 Å². The van der Waals surface area contributed by atoms with Crippen LogP contribution in [0.2, 0.25) is 0 Å². The van der Waals surface area contributed by atoms with Crippen molar-refractivity contribution in [3.05, 3.63) is 59.9 Å². The number of fused-ring (bicyclic) bond motifs is 1. The van der Waals surface area contributed by atoms with Crippen molar-refractivity contribution in [2.75, 3.05) is 25.9 Å². The van der Waals surface area contributed by atoms with E-state index in [0.717, 1.165) is 22.3 Å². The number of alkyl halides is 1. The maximum absolute atomic E-state index is 13.8. The molecule has 3 aromatic rings. The Hall–Kier alpha value is -3.61. The summed E-state index contributed by atoms with van der Waals surface area (Å²) in [6.07, 6.45) is 5.48. The zero-order valence-corrected chi connectivity index (χ0v) is 17.8. The van der Waals surface area contributed by atoms with Gasteiger partial charge in [-0.1, -0.05) is 30.3 Å². The van der Waals surface area contributed by atoms with Crippen LogP contribution in [0.1, 0.15) is 29.9 Å². The van der Waals surface area contributed by atoms with E-state index in [1.807, 2.05) is 43.5 Å². The van der Waals surface area contributed by atoms with Gasteiger partial charge >= 0.3 is 0 Å². The fourth-order valence-electron chi connectivity index (χ4n) is 3.82. The lowest BCUT2D eigenvalue weighted by atomic mass is 9.98. The Morgan fingerprint density at radius 2 is 1.94 bits per heavy atom. The number of carbonyl (C=O) groups is 1. The second-order valence-electron chi connectivity index (χ2n) is 7.93. The van der Waals surface area contributed by atoms with Crippen molar-refractivity contribution in [3.63, 3.8) is 0 Å². The Bertz CT molecular complexity index is 1210. The number of benzene rings is 1. The molecule has 0 atom stereocenters. The Balaban J connectivity index is 1.74. The maximum atomic E-state index is 13.8. The molecule has 4 rings (SSSR count). The van der Waals surface area contributed by atoms with Gasteiger partial charge in [0.25, 0.3) is 5.91 Å². The molecule has 3 heterocycles. The van der Waals surface area contributed by atoms with Crippen molar-refractivity contribution >= 4 is 34.4 Å². The van der Waals surface area contributed by atoms with E-state index in [1.54, 1.807) is 25.4 Å². The molecule has 2 N–H and O–H groups in total. The van der Waals surface area contributed by atoms with Gasteiger partial charge in [0.2, 0.25) is 0 Å².